The smallest absolute Gasteiger partial charge is 0.101 e. The van der Waals surface area contributed by atoms with Gasteiger partial charge in [0.15, 0.2) is 0 Å². The predicted molar refractivity (Wildman–Crippen MR) is 63.5 cm³/mol. The molecule has 2 aromatic heterocycles. The van der Waals surface area contributed by atoms with Crippen LogP contribution in [0.4, 0.5) is 0 Å². The molecule has 1 atom stereocenters. The molecule has 2 rings (SSSR count). The number of alkyl halides is 1. The predicted octanol–water partition coefficient (Wildman–Crippen LogP) is 4.79. The molecule has 0 fully saturated rings. The van der Waals surface area contributed by atoms with E-state index in [0.29, 0.717) is 0 Å². The van der Waals surface area contributed by atoms with E-state index >= 15 is 0 Å². The van der Waals surface area contributed by atoms with Crippen LogP contribution < -0.4 is 0 Å². The third-order valence-corrected chi connectivity index (χ3v) is 4.51. The molecule has 0 aliphatic carbocycles. The lowest BCUT2D eigenvalue weighted by molar-refractivity contribution is 0.532. The lowest BCUT2D eigenvalue weighted by Crippen LogP contribution is -1.84. The Hall–Kier alpha value is -0.250. The maximum absolute atomic E-state index is 5.87. The summed E-state index contributed by atoms with van der Waals surface area (Å²) in [5.41, 5.74) is 1.13. The van der Waals surface area contributed by atoms with E-state index in [1.165, 1.54) is 4.88 Å². The van der Waals surface area contributed by atoms with Gasteiger partial charge in [-0.25, -0.2) is 0 Å². The molecule has 2 aromatic rings. The van der Waals surface area contributed by atoms with Crippen LogP contribution in [0.1, 0.15) is 21.0 Å². The second-order valence-electron chi connectivity index (χ2n) is 3.00. The molecule has 0 N–H and O–H groups in total. The van der Waals surface area contributed by atoms with E-state index in [2.05, 4.69) is 15.9 Å². The molecule has 0 aliphatic heterocycles. The monoisotopic (exact) mass is 290 g/mol. The van der Waals surface area contributed by atoms with Crippen molar-refractivity contribution >= 4 is 38.9 Å². The second-order valence-corrected chi connectivity index (χ2v) is 5.66. The Morgan fingerprint density at radius 2 is 2.29 bits per heavy atom. The summed E-state index contributed by atoms with van der Waals surface area (Å²) < 4.78 is 6.07. The Kier molecular flexibility index (Phi) is 3.00. The second kappa shape index (κ2) is 4.09. The van der Waals surface area contributed by atoms with Crippen LogP contribution in [0.25, 0.3) is 0 Å². The molecule has 0 spiro atoms. The highest BCUT2D eigenvalue weighted by molar-refractivity contribution is 9.09. The molecule has 0 radical (unpaired) electrons. The highest BCUT2D eigenvalue weighted by atomic mass is 79.9. The topological polar surface area (TPSA) is 13.1 Å². The van der Waals surface area contributed by atoms with Crippen LogP contribution >= 0.6 is 38.9 Å². The zero-order valence-electron chi connectivity index (χ0n) is 7.46. The van der Waals surface area contributed by atoms with Crippen molar-refractivity contribution in [3.05, 3.63) is 45.0 Å². The number of thiophene rings is 1. The summed E-state index contributed by atoms with van der Waals surface area (Å²) in [4.78, 5) is 1.37. The van der Waals surface area contributed by atoms with Gasteiger partial charge in [0.1, 0.15) is 5.76 Å². The van der Waals surface area contributed by atoms with Crippen LogP contribution in [-0.2, 0) is 0 Å². The highest BCUT2D eigenvalue weighted by Gasteiger charge is 2.14. The van der Waals surface area contributed by atoms with Crippen molar-refractivity contribution in [2.75, 3.05) is 0 Å². The van der Waals surface area contributed by atoms with Crippen molar-refractivity contribution in [1.82, 2.24) is 0 Å². The van der Waals surface area contributed by atoms with Gasteiger partial charge in [0.05, 0.1) is 15.4 Å². The van der Waals surface area contributed by atoms with E-state index in [9.17, 15) is 0 Å². The van der Waals surface area contributed by atoms with Gasteiger partial charge >= 0.3 is 0 Å². The average Bonchev–Trinajstić information content (AvgIpc) is 2.73. The minimum atomic E-state index is 0.178. The third kappa shape index (κ3) is 2.05. The SMILES string of the molecule is Cc1cc(C(Br)c2ccc(Cl)s2)co1. The average molecular weight is 292 g/mol. The summed E-state index contributed by atoms with van der Waals surface area (Å²) in [5, 5.41) is 0. The van der Waals surface area contributed by atoms with Gasteiger partial charge in [-0.1, -0.05) is 27.5 Å². The molecule has 74 valence electrons. The molecular formula is C10H8BrClOS. The Morgan fingerprint density at radius 3 is 2.79 bits per heavy atom. The van der Waals surface area contributed by atoms with Gasteiger partial charge in [-0.2, -0.15) is 0 Å². The Morgan fingerprint density at radius 1 is 1.50 bits per heavy atom. The lowest BCUT2D eigenvalue weighted by Gasteiger charge is -2.02. The van der Waals surface area contributed by atoms with Crippen molar-refractivity contribution in [2.45, 2.75) is 11.8 Å². The summed E-state index contributed by atoms with van der Waals surface area (Å²) in [6.07, 6.45) is 1.77. The summed E-state index contributed by atoms with van der Waals surface area (Å²) in [5.74, 6) is 0.923. The van der Waals surface area contributed by atoms with Crippen LogP contribution in [0, 0.1) is 6.92 Å². The molecule has 0 amide bonds. The normalized spacial score (nSPS) is 13.1. The van der Waals surface area contributed by atoms with E-state index in [1.54, 1.807) is 17.6 Å². The zero-order valence-corrected chi connectivity index (χ0v) is 10.6. The Balaban J connectivity index is 2.28. The first-order valence-electron chi connectivity index (χ1n) is 4.11. The quantitative estimate of drug-likeness (QED) is 0.725. The minimum absolute atomic E-state index is 0.178. The van der Waals surface area contributed by atoms with Crippen molar-refractivity contribution in [1.29, 1.82) is 0 Å². The maximum Gasteiger partial charge on any atom is 0.101 e. The molecule has 0 saturated heterocycles. The maximum atomic E-state index is 5.87. The molecule has 0 aliphatic rings. The van der Waals surface area contributed by atoms with E-state index in [0.717, 1.165) is 15.7 Å². The fraction of sp³-hybridized carbons (Fsp3) is 0.200. The van der Waals surface area contributed by atoms with Crippen LogP contribution in [0.3, 0.4) is 0 Å². The fourth-order valence-electron chi connectivity index (χ4n) is 1.23. The molecule has 0 bridgehead atoms. The van der Waals surface area contributed by atoms with Gasteiger partial charge in [-0.05, 0) is 25.1 Å². The van der Waals surface area contributed by atoms with E-state index in [1.807, 2.05) is 25.1 Å². The summed E-state index contributed by atoms with van der Waals surface area (Å²) in [6.45, 7) is 1.94. The van der Waals surface area contributed by atoms with Crippen LogP contribution in [0.5, 0.6) is 0 Å². The van der Waals surface area contributed by atoms with Crippen LogP contribution in [0.2, 0.25) is 4.34 Å². The first kappa shape index (κ1) is 10.3. The van der Waals surface area contributed by atoms with Gasteiger partial charge < -0.3 is 4.42 Å². The number of halogens is 2. The third-order valence-electron chi connectivity index (χ3n) is 1.89. The first-order chi connectivity index (χ1) is 6.66. The standard InChI is InChI=1S/C10H8BrClOS/c1-6-4-7(5-13-6)10(11)8-2-3-9(12)14-8/h2-5,10H,1H3. The van der Waals surface area contributed by atoms with E-state index in [-0.39, 0.29) is 4.83 Å². The highest BCUT2D eigenvalue weighted by Crippen LogP contribution is 2.37. The number of rotatable bonds is 2. The van der Waals surface area contributed by atoms with Crippen molar-refractivity contribution in [3.8, 4) is 0 Å². The Bertz CT molecular complexity index is 395. The molecular weight excluding hydrogens is 284 g/mol. The van der Waals surface area contributed by atoms with Crippen LogP contribution in [0.15, 0.2) is 28.9 Å². The van der Waals surface area contributed by atoms with Crippen molar-refractivity contribution < 1.29 is 4.42 Å². The molecule has 4 heteroatoms. The van der Waals surface area contributed by atoms with Gasteiger partial charge in [-0.15, -0.1) is 11.3 Å². The minimum Gasteiger partial charge on any atom is -0.469 e. The molecule has 2 heterocycles. The summed E-state index contributed by atoms with van der Waals surface area (Å²) >= 11 is 11.1. The molecule has 1 nitrogen and oxygen atoms in total. The Labute approximate surface area is 99.8 Å². The van der Waals surface area contributed by atoms with Gasteiger partial charge in [0.2, 0.25) is 0 Å². The summed E-state index contributed by atoms with van der Waals surface area (Å²) in [6, 6.07) is 5.95. The number of aryl methyl sites for hydroxylation is 1. The fourth-order valence-corrected chi connectivity index (χ4v) is 2.97. The van der Waals surface area contributed by atoms with Gasteiger partial charge in [0.25, 0.3) is 0 Å². The molecule has 1 unspecified atom stereocenters. The van der Waals surface area contributed by atoms with E-state index in [4.69, 9.17) is 16.0 Å². The largest absolute Gasteiger partial charge is 0.469 e. The number of hydrogen-bond acceptors (Lipinski definition) is 2. The molecule has 0 saturated carbocycles. The zero-order chi connectivity index (χ0) is 10.1. The van der Waals surface area contributed by atoms with Crippen molar-refractivity contribution in [3.63, 3.8) is 0 Å². The lowest BCUT2D eigenvalue weighted by atomic mass is 10.2. The number of furan rings is 1. The molecule has 0 aromatic carbocycles. The number of hydrogen-bond donors (Lipinski definition) is 0. The molecule has 14 heavy (non-hydrogen) atoms. The van der Waals surface area contributed by atoms with Crippen molar-refractivity contribution in [2.24, 2.45) is 0 Å². The van der Waals surface area contributed by atoms with Crippen LogP contribution in [-0.4, -0.2) is 0 Å². The summed E-state index contributed by atoms with van der Waals surface area (Å²) in [7, 11) is 0. The van der Waals surface area contributed by atoms with E-state index < -0.39 is 0 Å². The van der Waals surface area contributed by atoms with Gasteiger partial charge in [-0.3, -0.25) is 0 Å². The van der Waals surface area contributed by atoms with Gasteiger partial charge in [0, 0.05) is 10.4 Å². The first-order valence-corrected chi connectivity index (χ1v) is 6.22.